The lowest BCUT2D eigenvalue weighted by Crippen LogP contribution is -2.02. The Kier molecular flexibility index (Phi) is 7.05. The normalized spacial score (nSPS) is 10.9. The Balaban J connectivity index is 1.74. The molecule has 0 bridgehead atoms. The number of anilines is 1. The average molecular weight is 493 g/mol. The third-order valence-corrected chi connectivity index (χ3v) is 5.22. The lowest BCUT2D eigenvalue weighted by molar-refractivity contribution is 0.267. The molecule has 0 unspecified atom stereocenters. The minimum Gasteiger partial charge on any atom is -0.490 e. The van der Waals surface area contributed by atoms with E-state index in [1.54, 1.807) is 6.21 Å². The van der Waals surface area contributed by atoms with Crippen molar-refractivity contribution >= 4 is 45.3 Å². The van der Waals surface area contributed by atoms with Crippen LogP contribution >= 0.6 is 33.9 Å². The largest absolute Gasteiger partial charge is 0.490 e. The van der Waals surface area contributed by atoms with E-state index in [1.807, 2.05) is 61.7 Å². The van der Waals surface area contributed by atoms with Gasteiger partial charge in [0.05, 0.1) is 22.1 Å². The highest BCUT2D eigenvalue weighted by molar-refractivity contribution is 14.1. The minimum absolute atomic E-state index is 0.495. The fourth-order valence-corrected chi connectivity index (χ4v) is 3.78. The van der Waals surface area contributed by atoms with Gasteiger partial charge in [0.25, 0.3) is 0 Å². The molecule has 27 heavy (non-hydrogen) atoms. The summed E-state index contributed by atoms with van der Waals surface area (Å²) in [6.07, 6.45) is 1.75. The van der Waals surface area contributed by atoms with Gasteiger partial charge in [-0.05, 0) is 59.7 Å². The number of nitrogens with zero attached hydrogens (tertiary/aromatic N) is 2. The van der Waals surface area contributed by atoms with Crippen LogP contribution in [0.2, 0.25) is 0 Å². The third-order valence-electron chi connectivity index (χ3n) is 3.55. The maximum Gasteiger partial charge on any atom is 0.203 e. The van der Waals surface area contributed by atoms with Crippen molar-refractivity contribution in [1.82, 2.24) is 4.98 Å². The van der Waals surface area contributed by atoms with E-state index in [1.165, 1.54) is 11.3 Å². The lowest BCUT2D eigenvalue weighted by Gasteiger charge is -2.14. The average Bonchev–Trinajstić information content (AvgIpc) is 3.07. The molecule has 0 spiro atoms. The van der Waals surface area contributed by atoms with Crippen LogP contribution in [0.15, 0.2) is 52.9 Å². The quantitative estimate of drug-likeness (QED) is 0.257. The maximum absolute atomic E-state index is 6.04. The molecule has 3 aromatic rings. The van der Waals surface area contributed by atoms with Gasteiger partial charge in [0.15, 0.2) is 11.5 Å². The minimum atomic E-state index is 0.495. The van der Waals surface area contributed by atoms with Crippen molar-refractivity contribution < 1.29 is 9.47 Å². The molecule has 1 heterocycles. The molecule has 0 atom stereocenters. The Hall–Kier alpha value is -2.13. The molecule has 3 rings (SSSR count). The van der Waals surface area contributed by atoms with Gasteiger partial charge >= 0.3 is 0 Å². The number of hydrazone groups is 1. The molecule has 0 saturated carbocycles. The number of rotatable bonds is 8. The standard InChI is InChI=1S/C20H20IN3O2S/c1-3-25-18-10-16(11-22-24-20-23-14(2)13-27-20)9-17(21)19(18)26-12-15-7-5-4-6-8-15/h4-11,13H,3,12H2,1-2H3,(H,23,24). The van der Waals surface area contributed by atoms with Crippen LogP contribution in [0, 0.1) is 10.5 Å². The molecule has 0 amide bonds. The van der Waals surface area contributed by atoms with Crippen molar-refractivity contribution in [2.45, 2.75) is 20.5 Å². The number of ether oxygens (including phenoxy) is 2. The number of thiazole rings is 1. The summed E-state index contributed by atoms with van der Waals surface area (Å²) in [4.78, 5) is 4.32. The smallest absolute Gasteiger partial charge is 0.203 e. The second-order valence-electron chi connectivity index (χ2n) is 5.70. The maximum atomic E-state index is 6.04. The second-order valence-corrected chi connectivity index (χ2v) is 7.72. The predicted molar refractivity (Wildman–Crippen MR) is 119 cm³/mol. The van der Waals surface area contributed by atoms with Gasteiger partial charge in [-0.2, -0.15) is 5.10 Å². The first-order valence-corrected chi connectivity index (χ1v) is 10.5. The summed E-state index contributed by atoms with van der Waals surface area (Å²) in [6.45, 7) is 4.97. The summed E-state index contributed by atoms with van der Waals surface area (Å²) in [5, 5.41) is 7.01. The Morgan fingerprint density at radius 2 is 2.04 bits per heavy atom. The van der Waals surface area contributed by atoms with Gasteiger partial charge in [0.2, 0.25) is 5.13 Å². The highest BCUT2D eigenvalue weighted by Crippen LogP contribution is 2.34. The number of aryl methyl sites for hydroxylation is 1. The molecule has 0 fully saturated rings. The highest BCUT2D eigenvalue weighted by Gasteiger charge is 2.12. The van der Waals surface area contributed by atoms with Crippen molar-refractivity contribution in [3.8, 4) is 11.5 Å². The zero-order valence-electron chi connectivity index (χ0n) is 15.1. The Morgan fingerprint density at radius 1 is 1.22 bits per heavy atom. The highest BCUT2D eigenvalue weighted by atomic mass is 127. The number of aromatic nitrogens is 1. The second kappa shape index (κ2) is 9.70. The van der Waals surface area contributed by atoms with Crippen LogP contribution in [0.3, 0.4) is 0 Å². The Labute approximate surface area is 176 Å². The van der Waals surface area contributed by atoms with Crippen LogP contribution in [-0.4, -0.2) is 17.8 Å². The van der Waals surface area contributed by atoms with Crippen molar-refractivity contribution in [3.05, 3.63) is 68.2 Å². The first-order valence-electron chi connectivity index (χ1n) is 8.50. The molecule has 7 heteroatoms. The summed E-state index contributed by atoms with van der Waals surface area (Å²) in [5.74, 6) is 1.47. The van der Waals surface area contributed by atoms with Gasteiger partial charge < -0.3 is 9.47 Å². The van der Waals surface area contributed by atoms with Gasteiger partial charge in [-0.15, -0.1) is 11.3 Å². The summed E-state index contributed by atoms with van der Waals surface area (Å²) < 4.78 is 12.8. The summed E-state index contributed by atoms with van der Waals surface area (Å²) in [6, 6.07) is 14.0. The van der Waals surface area contributed by atoms with E-state index in [0.29, 0.717) is 19.0 Å². The number of benzene rings is 2. The first kappa shape index (κ1) is 19.6. The Bertz CT molecular complexity index is 913. The van der Waals surface area contributed by atoms with E-state index in [2.05, 4.69) is 38.1 Å². The van der Waals surface area contributed by atoms with Gasteiger partial charge in [0.1, 0.15) is 6.61 Å². The molecule has 5 nitrogen and oxygen atoms in total. The molecule has 0 radical (unpaired) electrons. The van der Waals surface area contributed by atoms with E-state index < -0.39 is 0 Å². The summed E-state index contributed by atoms with van der Waals surface area (Å²) in [7, 11) is 0. The topological polar surface area (TPSA) is 55.7 Å². The fraction of sp³-hybridized carbons (Fsp3) is 0.200. The molecular weight excluding hydrogens is 473 g/mol. The fourth-order valence-electron chi connectivity index (χ4n) is 2.36. The third kappa shape index (κ3) is 5.67. The number of halogens is 1. The molecular formula is C20H20IN3O2S. The Morgan fingerprint density at radius 3 is 2.74 bits per heavy atom. The summed E-state index contributed by atoms with van der Waals surface area (Å²) >= 11 is 3.79. The van der Waals surface area contributed by atoms with Crippen molar-refractivity contribution in [2.24, 2.45) is 5.10 Å². The predicted octanol–water partition coefficient (Wildman–Crippen LogP) is 5.48. The van der Waals surface area contributed by atoms with Crippen LogP contribution in [0.5, 0.6) is 11.5 Å². The molecule has 0 aliphatic rings. The van der Waals surface area contributed by atoms with Crippen LogP contribution < -0.4 is 14.9 Å². The van der Waals surface area contributed by atoms with Crippen LogP contribution in [0.4, 0.5) is 5.13 Å². The monoisotopic (exact) mass is 493 g/mol. The van der Waals surface area contributed by atoms with E-state index >= 15 is 0 Å². The van der Waals surface area contributed by atoms with Crippen molar-refractivity contribution in [3.63, 3.8) is 0 Å². The van der Waals surface area contributed by atoms with E-state index in [-0.39, 0.29) is 0 Å². The van der Waals surface area contributed by atoms with Gasteiger partial charge in [-0.25, -0.2) is 4.98 Å². The molecule has 2 aromatic carbocycles. The van der Waals surface area contributed by atoms with E-state index in [0.717, 1.165) is 31.3 Å². The van der Waals surface area contributed by atoms with Crippen molar-refractivity contribution in [2.75, 3.05) is 12.0 Å². The van der Waals surface area contributed by atoms with Crippen molar-refractivity contribution in [1.29, 1.82) is 0 Å². The van der Waals surface area contributed by atoms with Crippen LogP contribution in [-0.2, 0) is 6.61 Å². The zero-order valence-corrected chi connectivity index (χ0v) is 18.1. The molecule has 0 aliphatic carbocycles. The van der Waals surface area contributed by atoms with Crippen LogP contribution in [0.25, 0.3) is 0 Å². The molecule has 1 aromatic heterocycles. The van der Waals surface area contributed by atoms with Gasteiger partial charge in [0, 0.05) is 5.38 Å². The van der Waals surface area contributed by atoms with E-state index in [4.69, 9.17) is 9.47 Å². The van der Waals surface area contributed by atoms with E-state index in [9.17, 15) is 0 Å². The zero-order chi connectivity index (χ0) is 19.1. The van der Waals surface area contributed by atoms with Gasteiger partial charge in [-0.3, -0.25) is 5.43 Å². The number of nitrogens with one attached hydrogen (secondary N) is 1. The SMILES string of the molecule is CCOc1cc(C=NNc2nc(C)cs2)cc(I)c1OCc1ccccc1. The van der Waals surface area contributed by atoms with Gasteiger partial charge in [-0.1, -0.05) is 30.3 Å². The molecule has 0 aliphatic heterocycles. The molecule has 140 valence electrons. The number of hydrogen-bond acceptors (Lipinski definition) is 6. The summed E-state index contributed by atoms with van der Waals surface area (Å²) in [5.41, 5.74) is 5.97. The first-order chi connectivity index (χ1) is 13.2. The molecule has 1 N–H and O–H groups in total. The lowest BCUT2D eigenvalue weighted by atomic mass is 10.2. The molecule has 0 saturated heterocycles. The van der Waals surface area contributed by atoms with Crippen LogP contribution in [0.1, 0.15) is 23.7 Å². The number of hydrogen-bond donors (Lipinski definition) is 1.